The van der Waals surface area contributed by atoms with Gasteiger partial charge in [-0.05, 0) is 24.3 Å². The van der Waals surface area contributed by atoms with E-state index >= 15 is 0 Å². The molecule has 1 saturated heterocycles. The molecule has 1 atom stereocenters. The normalized spacial score (nSPS) is 19.3. The molecule has 2 amide bonds. The summed E-state index contributed by atoms with van der Waals surface area (Å²) in [6.45, 7) is 2.73. The van der Waals surface area contributed by atoms with Crippen molar-refractivity contribution in [2.75, 3.05) is 53.1 Å². The summed E-state index contributed by atoms with van der Waals surface area (Å²) in [6.07, 6.45) is -0.686. The highest BCUT2D eigenvalue weighted by molar-refractivity contribution is 5.96. The van der Waals surface area contributed by atoms with E-state index in [9.17, 15) is 9.59 Å². The van der Waals surface area contributed by atoms with Crippen LogP contribution < -0.4 is 23.7 Å². The van der Waals surface area contributed by atoms with E-state index in [1.165, 1.54) is 7.11 Å². The fraction of sp³-hybridized carbons (Fsp3) is 0.391. The molecule has 1 fully saturated rings. The minimum absolute atomic E-state index is 0.132. The number of hydrogen-bond acceptors (Lipinski definition) is 7. The number of methoxy groups -OCH3 is 1. The molecule has 5 rings (SSSR count). The third-order valence-corrected chi connectivity index (χ3v) is 5.74. The van der Waals surface area contributed by atoms with E-state index in [2.05, 4.69) is 0 Å². The highest BCUT2D eigenvalue weighted by atomic mass is 16.6. The van der Waals surface area contributed by atoms with Crippen molar-refractivity contribution in [1.29, 1.82) is 0 Å². The van der Waals surface area contributed by atoms with Gasteiger partial charge in [-0.1, -0.05) is 12.1 Å². The Kier molecular flexibility index (Phi) is 5.38. The van der Waals surface area contributed by atoms with Gasteiger partial charge in [-0.25, -0.2) is 0 Å². The van der Waals surface area contributed by atoms with Gasteiger partial charge in [0.25, 0.3) is 11.8 Å². The molecule has 1 unspecified atom stereocenters. The molecule has 3 heterocycles. The predicted octanol–water partition coefficient (Wildman–Crippen LogP) is 1.59. The minimum Gasteiger partial charge on any atom is -0.493 e. The van der Waals surface area contributed by atoms with Crippen LogP contribution in [0.15, 0.2) is 36.4 Å². The molecule has 0 aliphatic carbocycles. The number of benzene rings is 2. The van der Waals surface area contributed by atoms with Gasteiger partial charge in [0.1, 0.15) is 19.8 Å². The largest absolute Gasteiger partial charge is 0.493 e. The van der Waals surface area contributed by atoms with Crippen LogP contribution in [0.2, 0.25) is 0 Å². The smallest absolute Gasteiger partial charge is 0.267 e. The SMILES string of the molecule is COc1cc(C(=O)N2CCN(C(=O)C3COc4ccccc4O3)CC2)cc2c1OCCO2. The summed E-state index contributed by atoms with van der Waals surface area (Å²) in [7, 11) is 1.53. The molecule has 0 N–H and O–H groups in total. The summed E-state index contributed by atoms with van der Waals surface area (Å²) >= 11 is 0. The Labute approximate surface area is 185 Å². The van der Waals surface area contributed by atoms with Crippen LogP contribution in [0.5, 0.6) is 28.7 Å². The van der Waals surface area contributed by atoms with Crippen LogP contribution in [0.3, 0.4) is 0 Å². The number of rotatable bonds is 3. The van der Waals surface area contributed by atoms with Gasteiger partial charge >= 0.3 is 0 Å². The third-order valence-electron chi connectivity index (χ3n) is 5.74. The topological polar surface area (TPSA) is 86.8 Å². The Bertz CT molecular complexity index is 1020. The maximum Gasteiger partial charge on any atom is 0.267 e. The average molecular weight is 440 g/mol. The Morgan fingerprint density at radius 1 is 0.906 bits per heavy atom. The van der Waals surface area contributed by atoms with Gasteiger partial charge in [0.2, 0.25) is 11.9 Å². The molecule has 9 nitrogen and oxygen atoms in total. The first-order valence-corrected chi connectivity index (χ1v) is 10.6. The quantitative estimate of drug-likeness (QED) is 0.716. The van der Waals surface area contributed by atoms with E-state index in [0.717, 1.165) is 0 Å². The van der Waals surface area contributed by atoms with Crippen LogP contribution in [-0.4, -0.2) is 80.8 Å². The van der Waals surface area contributed by atoms with Crippen molar-refractivity contribution >= 4 is 11.8 Å². The van der Waals surface area contributed by atoms with Gasteiger partial charge < -0.3 is 33.5 Å². The number of ether oxygens (including phenoxy) is 5. The van der Waals surface area contributed by atoms with Gasteiger partial charge in [-0.15, -0.1) is 0 Å². The van der Waals surface area contributed by atoms with Crippen LogP contribution in [0.1, 0.15) is 10.4 Å². The number of carbonyl (C=O) groups is 2. The molecule has 32 heavy (non-hydrogen) atoms. The van der Waals surface area contributed by atoms with Crippen molar-refractivity contribution < 1.29 is 33.3 Å². The van der Waals surface area contributed by atoms with E-state index in [4.69, 9.17) is 23.7 Å². The first-order valence-electron chi connectivity index (χ1n) is 10.6. The van der Waals surface area contributed by atoms with Crippen LogP contribution in [0.4, 0.5) is 0 Å². The highest BCUT2D eigenvalue weighted by Crippen LogP contribution is 2.40. The summed E-state index contributed by atoms with van der Waals surface area (Å²) in [5.74, 6) is 2.42. The van der Waals surface area contributed by atoms with Gasteiger partial charge in [0.15, 0.2) is 23.0 Å². The molecule has 3 aliphatic heterocycles. The summed E-state index contributed by atoms with van der Waals surface area (Å²) < 4.78 is 28.1. The number of nitrogens with zero attached hydrogens (tertiary/aromatic N) is 2. The first kappa shape index (κ1) is 20.3. The Morgan fingerprint density at radius 3 is 2.41 bits per heavy atom. The number of amides is 2. The van der Waals surface area contributed by atoms with E-state index in [1.54, 1.807) is 28.0 Å². The van der Waals surface area contributed by atoms with E-state index in [-0.39, 0.29) is 18.4 Å². The van der Waals surface area contributed by atoms with Crippen LogP contribution >= 0.6 is 0 Å². The number of piperazine rings is 1. The Morgan fingerprint density at radius 2 is 1.62 bits per heavy atom. The molecule has 0 aromatic heterocycles. The molecule has 0 saturated carbocycles. The van der Waals surface area contributed by atoms with Gasteiger partial charge in [0, 0.05) is 31.7 Å². The maximum atomic E-state index is 13.1. The molecule has 2 aromatic rings. The summed E-state index contributed by atoms with van der Waals surface area (Å²) in [5, 5.41) is 0. The lowest BCUT2D eigenvalue weighted by Crippen LogP contribution is -2.55. The summed E-state index contributed by atoms with van der Waals surface area (Å²) in [4.78, 5) is 29.5. The first-order chi connectivity index (χ1) is 15.6. The van der Waals surface area contributed by atoms with Crippen molar-refractivity contribution in [3.8, 4) is 28.7 Å². The monoisotopic (exact) mass is 440 g/mol. The molecular formula is C23H24N2O7. The van der Waals surface area contributed by atoms with E-state index in [0.29, 0.717) is 73.7 Å². The van der Waals surface area contributed by atoms with Gasteiger partial charge in [0.05, 0.1) is 7.11 Å². The zero-order valence-electron chi connectivity index (χ0n) is 17.7. The highest BCUT2D eigenvalue weighted by Gasteiger charge is 2.34. The summed E-state index contributed by atoms with van der Waals surface area (Å²) in [5.41, 5.74) is 0.464. The van der Waals surface area contributed by atoms with Gasteiger partial charge in [-0.3, -0.25) is 9.59 Å². The van der Waals surface area contributed by atoms with Crippen LogP contribution in [0.25, 0.3) is 0 Å². The van der Waals surface area contributed by atoms with Crippen molar-refractivity contribution in [2.24, 2.45) is 0 Å². The molecule has 0 bridgehead atoms. The van der Waals surface area contributed by atoms with Crippen LogP contribution in [-0.2, 0) is 4.79 Å². The lowest BCUT2D eigenvalue weighted by Gasteiger charge is -2.37. The second-order valence-electron chi connectivity index (χ2n) is 7.68. The number of carbonyl (C=O) groups excluding carboxylic acids is 2. The number of para-hydroxylation sites is 2. The fourth-order valence-corrected chi connectivity index (χ4v) is 4.05. The second-order valence-corrected chi connectivity index (χ2v) is 7.68. The third kappa shape index (κ3) is 3.74. The van der Waals surface area contributed by atoms with Crippen molar-refractivity contribution in [1.82, 2.24) is 9.80 Å². The average Bonchev–Trinajstić information content (AvgIpc) is 2.87. The molecule has 0 spiro atoms. The van der Waals surface area contributed by atoms with Crippen molar-refractivity contribution in [2.45, 2.75) is 6.10 Å². The van der Waals surface area contributed by atoms with Gasteiger partial charge in [-0.2, -0.15) is 0 Å². The minimum atomic E-state index is -0.686. The molecule has 2 aromatic carbocycles. The van der Waals surface area contributed by atoms with E-state index < -0.39 is 6.10 Å². The van der Waals surface area contributed by atoms with Crippen LogP contribution in [0, 0.1) is 0 Å². The van der Waals surface area contributed by atoms with Crippen molar-refractivity contribution in [3.05, 3.63) is 42.0 Å². The lowest BCUT2D eigenvalue weighted by molar-refractivity contribution is -0.142. The fourth-order valence-electron chi connectivity index (χ4n) is 4.05. The van der Waals surface area contributed by atoms with E-state index in [1.807, 2.05) is 18.2 Å². The molecule has 0 radical (unpaired) electrons. The standard InChI is InChI=1S/C23H24N2O7/c1-28-18-12-15(13-19-21(18)30-11-10-29-19)22(26)24-6-8-25(9-7-24)23(27)20-14-31-16-4-2-3-5-17(16)32-20/h2-5,12-13,20H,6-11,14H2,1H3. The van der Waals surface area contributed by atoms with Crippen molar-refractivity contribution in [3.63, 3.8) is 0 Å². The molecule has 9 heteroatoms. The zero-order chi connectivity index (χ0) is 22.1. The predicted molar refractivity (Wildman–Crippen MR) is 113 cm³/mol. The lowest BCUT2D eigenvalue weighted by atomic mass is 10.1. The Hall–Kier alpha value is -3.62. The summed E-state index contributed by atoms with van der Waals surface area (Å²) in [6, 6.07) is 10.6. The second kappa shape index (κ2) is 8.49. The molecule has 3 aliphatic rings. The maximum absolute atomic E-state index is 13.1. The molecular weight excluding hydrogens is 416 g/mol. The molecule has 168 valence electrons. The number of hydrogen-bond donors (Lipinski definition) is 0. The number of fused-ring (bicyclic) bond motifs is 2. The Balaban J connectivity index is 1.22. The zero-order valence-corrected chi connectivity index (χ0v) is 17.7.